The molecule has 9 nitrogen and oxygen atoms in total. The van der Waals surface area contributed by atoms with Crippen LogP contribution < -0.4 is 19.1 Å². The molecule has 2 amide bonds. The topological polar surface area (TPSA) is 105 Å². The number of anilines is 1. The number of sulfonamides is 1. The Morgan fingerprint density at radius 2 is 1.82 bits per heavy atom. The van der Waals surface area contributed by atoms with Gasteiger partial charge in [0.15, 0.2) is 0 Å². The van der Waals surface area contributed by atoms with Crippen LogP contribution in [-0.4, -0.2) is 64.7 Å². The van der Waals surface area contributed by atoms with Gasteiger partial charge in [-0.05, 0) is 43.7 Å². The zero-order valence-electron chi connectivity index (χ0n) is 19.9. The van der Waals surface area contributed by atoms with E-state index in [4.69, 9.17) is 21.1 Å². The summed E-state index contributed by atoms with van der Waals surface area (Å²) in [6, 6.07) is 10.7. The quantitative estimate of drug-likeness (QED) is 0.497. The smallest absolute Gasteiger partial charge is 0.244 e. The maximum atomic E-state index is 13.5. The number of nitrogens with zero attached hydrogens (tertiary/aromatic N) is 2. The summed E-state index contributed by atoms with van der Waals surface area (Å²) in [5.74, 6) is -0.294. The predicted octanol–water partition coefficient (Wildman–Crippen LogP) is 2.68. The first-order chi connectivity index (χ1) is 16.0. The van der Waals surface area contributed by atoms with Crippen molar-refractivity contribution in [3.05, 3.63) is 53.1 Å². The third-order valence-corrected chi connectivity index (χ3v) is 6.46. The van der Waals surface area contributed by atoms with Crippen LogP contribution >= 0.6 is 11.6 Å². The van der Waals surface area contributed by atoms with E-state index in [0.717, 1.165) is 10.6 Å². The molecule has 0 saturated heterocycles. The highest BCUT2D eigenvalue weighted by molar-refractivity contribution is 7.92. The van der Waals surface area contributed by atoms with Gasteiger partial charge in [-0.1, -0.05) is 23.7 Å². The number of benzene rings is 2. The molecule has 186 valence electrons. The lowest BCUT2D eigenvalue weighted by atomic mass is 10.1. The van der Waals surface area contributed by atoms with E-state index in [-0.39, 0.29) is 23.9 Å². The molecule has 0 radical (unpaired) electrons. The van der Waals surface area contributed by atoms with Crippen molar-refractivity contribution < 1.29 is 27.5 Å². The second-order valence-corrected chi connectivity index (χ2v) is 9.87. The zero-order chi connectivity index (χ0) is 25.5. The normalized spacial score (nSPS) is 11.9. The van der Waals surface area contributed by atoms with Crippen molar-refractivity contribution >= 4 is 39.1 Å². The first-order valence-corrected chi connectivity index (χ1v) is 12.8. The van der Waals surface area contributed by atoms with Gasteiger partial charge in [-0.25, -0.2) is 8.42 Å². The minimum absolute atomic E-state index is 0.0601. The molecular formula is C23H30ClN3O6S. The molecule has 0 heterocycles. The number of ether oxygens (including phenoxy) is 2. The van der Waals surface area contributed by atoms with Crippen LogP contribution in [-0.2, 0) is 26.2 Å². The molecule has 11 heteroatoms. The molecule has 0 aliphatic heterocycles. The molecule has 2 aromatic carbocycles. The molecular weight excluding hydrogens is 482 g/mol. The molecule has 0 aliphatic rings. The predicted molar refractivity (Wildman–Crippen MR) is 132 cm³/mol. The third kappa shape index (κ3) is 7.01. The number of hydrogen-bond donors (Lipinski definition) is 1. The van der Waals surface area contributed by atoms with E-state index >= 15 is 0 Å². The summed E-state index contributed by atoms with van der Waals surface area (Å²) in [5, 5.41) is 3.18. The Balaban J connectivity index is 2.48. The highest BCUT2D eigenvalue weighted by Gasteiger charge is 2.31. The summed E-state index contributed by atoms with van der Waals surface area (Å²) in [6.07, 6.45) is 0.994. The molecule has 1 atom stereocenters. The number of halogens is 1. The molecule has 2 rings (SSSR count). The van der Waals surface area contributed by atoms with Gasteiger partial charge in [0.25, 0.3) is 0 Å². The van der Waals surface area contributed by atoms with Crippen molar-refractivity contribution in [2.45, 2.75) is 26.4 Å². The van der Waals surface area contributed by atoms with Crippen molar-refractivity contribution in [2.24, 2.45) is 0 Å². The van der Waals surface area contributed by atoms with E-state index in [1.54, 1.807) is 50.2 Å². The molecule has 0 fully saturated rings. The largest absolute Gasteiger partial charge is 0.497 e. The van der Waals surface area contributed by atoms with Crippen molar-refractivity contribution in [1.82, 2.24) is 10.2 Å². The van der Waals surface area contributed by atoms with Crippen LogP contribution in [0.25, 0.3) is 0 Å². The van der Waals surface area contributed by atoms with Gasteiger partial charge in [0.2, 0.25) is 21.8 Å². The number of nitrogens with one attached hydrogen (secondary N) is 1. The van der Waals surface area contributed by atoms with Crippen LogP contribution in [0.5, 0.6) is 11.5 Å². The van der Waals surface area contributed by atoms with E-state index in [0.29, 0.717) is 22.9 Å². The molecule has 2 aromatic rings. The van der Waals surface area contributed by atoms with E-state index in [1.807, 2.05) is 0 Å². The minimum atomic E-state index is -3.91. The van der Waals surface area contributed by atoms with Crippen LogP contribution in [0.15, 0.2) is 42.5 Å². The van der Waals surface area contributed by atoms with Gasteiger partial charge in [-0.15, -0.1) is 0 Å². The summed E-state index contributed by atoms with van der Waals surface area (Å²) in [6.45, 7) is 3.26. The van der Waals surface area contributed by atoms with E-state index in [2.05, 4.69) is 5.32 Å². The van der Waals surface area contributed by atoms with Gasteiger partial charge < -0.3 is 19.7 Å². The van der Waals surface area contributed by atoms with Crippen LogP contribution in [0.1, 0.15) is 19.4 Å². The lowest BCUT2D eigenvalue weighted by Gasteiger charge is -2.31. The summed E-state index contributed by atoms with van der Waals surface area (Å²) < 4.78 is 36.9. The van der Waals surface area contributed by atoms with Crippen molar-refractivity contribution in [2.75, 3.05) is 37.9 Å². The Morgan fingerprint density at radius 1 is 1.12 bits per heavy atom. The fraction of sp³-hybridized carbons (Fsp3) is 0.391. The lowest BCUT2D eigenvalue weighted by Crippen LogP contribution is -2.51. The second kappa shape index (κ2) is 11.9. The highest BCUT2D eigenvalue weighted by atomic mass is 35.5. The average molecular weight is 512 g/mol. The maximum Gasteiger partial charge on any atom is 0.244 e. The molecule has 0 saturated carbocycles. The number of hydrogen-bond acceptors (Lipinski definition) is 6. The number of rotatable bonds is 11. The van der Waals surface area contributed by atoms with Gasteiger partial charge in [-0.2, -0.15) is 0 Å². The van der Waals surface area contributed by atoms with E-state index in [9.17, 15) is 18.0 Å². The number of methoxy groups -OCH3 is 2. The Kier molecular flexibility index (Phi) is 9.57. The van der Waals surface area contributed by atoms with E-state index < -0.39 is 28.5 Å². The number of carbonyl (C=O) groups is 2. The maximum absolute atomic E-state index is 13.5. The molecule has 0 unspecified atom stereocenters. The first-order valence-electron chi connectivity index (χ1n) is 10.5. The average Bonchev–Trinajstić information content (AvgIpc) is 2.79. The Hall–Kier alpha value is -2.98. The van der Waals surface area contributed by atoms with Crippen molar-refractivity contribution in [3.8, 4) is 11.5 Å². The standard InChI is InChI=1S/C23H30ClN3O6S/c1-6-25-23(29)16(2)26(14-17-8-7-9-18(24)12-17)22(28)15-27(34(5,30)31)20-13-19(32-3)10-11-21(20)33-4/h7-13,16H,6,14-15H2,1-5H3,(H,25,29)/t16-/m0/s1. The summed E-state index contributed by atoms with van der Waals surface area (Å²) in [5.41, 5.74) is 0.841. The van der Waals surface area contributed by atoms with Crippen molar-refractivity contribution in [1.29, 1.82) is 0 Å². The molecule has 34 heavy (non-hydrogen) atoms. The number of likely N-dealkylation sites (N-methyl/N-ethyl adjacent to an activating group) is 1. The van der Waals surface area contributed by atoms with Gasteiger partial charge in [0, 0.05) is 24.2 Å². The second-order valence-electron chi connectivity index (χ2n) is 7.53. The molecule has 1 N–H and O–H groups in total. The molecule has 0 bridgehead atoms. The van der Waals surface area contributed by atoms with Gasteiger partial charge in [0.05, 0.1) is 26.2 Å². The fourth-order valence-electron chi connectivity index (χ4n) is 3.32. The summed E-state index contributed by atoms with van der Waals surface area (Å²) in [4.78, 5) is 27.4. The van der Waals surface area contributed by atoms with Gasteiger partial charge in [0.1, 0.15) is 24.1 Å². The zero-order valence-corrected chi connectivity index (χ0v) is 21.4. The SMILES string of the molecule is CCNC(=O)[C@H](C)N(Cc1cccc(Cl)c1)C(=O)CN(c1cc(OC)ccc1OC)S(C)(=O)=O. The van der Waals surface area contributed by atoms with Gasteiger partial charge >= 0.3 is 0 Å². The Labute approximate surface area is 205 Å². The lowest BCUT2D eigenvalue weighted by molar-refractivity contribution is -0.139. The van der Waals surface area contributed by atoms with Gasteiger partial charge in [-0.3, -0.25) is 13.9 Å². The Bertz CT molecular complexity index is 1130. The molecule has 0 spiro atoms. The molecule has 0 aliphatic carbocycles. The Morgan fingerprint density at radius 3 is 2.38 bits per heavy atom. The fourth-order valence-corrected chi connectivity index (χ4v) is 4.38. The van der Waals surface area contributed by atoms with Crippen molar-refractivity contribution in [3.63, 3.8) is 0 Å². The van der Waals surface area contributed by atoms with Crippen LogP contribution in [0.3, 0.4) is 0 Å². The van der Waals surface area contributed by atoms with Crippen LogP contribution in [0, 0.1) is 0 Å². The molecule has 0 aromatic heterocycles. The van der Waals surface area contributed by atoms with E-state index in [1.165, 1.54) is 25.2 Å². The van der Waals surface area contributed by atoms with Crippen LogP contribution in [0.4, 0.5) is 5.69 Å². The third-order valence-electron chi connectivity index (χ3n) is 5.09. The first kappa shape index (κ1) is 27.3. The number of amides is 2. The summed E-state index contributed by atoms with van der Waals surface area (Å²) >= 11 is 6.09. The highest BCUT2D eigenvalue weighted by Crippen LogP contribution is 2.34. The van der Waals surface area contributed by atoms with Crippen LogP contribution in [0.2, 0.25) is 5.02 Å². The monoisotopic (exact) mass is 511 g/mol. The summed E-state index contributed by atoms with van der Waals surface area (Å²) in [7, 11) is -1.07. The number of carbonyl (C=O) groups excluding carboxylic acids is 2. The minimum Gasteiger partial charge on any atom is -0.497 e.